The summed E-state index contributed by atoms with van der Waals surface area (Å²) in [6.07, 6.45) is 0. The molecule has 0 aliphatic carbocycles. The van der Waals surface area contributed by atoms with E-state index >= 15 is 0 Å². The lowest BCUT2D eigenvalue weighted by Gasteiger charge is -2.12. The average molecular weight is 316 g/mol. The first kappa shape index (κ1) is 15.8. The Hall–Kier alpha value is -3.07. The molecule has 0 amide bonds. The summed E-state index contributed by atoms with van der Waals surface area (Å²) in [4.78, 5) is 4.69. The number of anilines is 1. The summed E-state index contributed by atoms with van der Waals surface area (Å²) in [6.45, 7) is 4.09. The minimum absolute atomic E-state index is 0.197. The number of hydrogen-bond acceptors (Lipinski definition) is 2. The van der Waals surface area contributed by atoms with Gasteiger partial charge < -0.3 is 10.4 Å². The lowest BCUT2D eigenvalue weighted by Crippen LogP contribution is -2.13. The maximum Gasteiger partial charge on any atom is 0.142 e. The molecule has 0 heterocycles. The number of rotatable bonds is 3. The Bertz CT molecular complexity index is 850. The number of nitrogens with one attached hydrogen (secondary N) is 1. The number of aliphatic imine (C=N–C) groups is 1. The van der Waals surface area contributed by atoms with Gasteiger partial charge in [-0.1, -0.05) is 47.5 Å². The first-order valence-electron chi connectivity index (χ1n) is 7.89. The van der Waals surface area contributed by atoms with Crippen LogP contribution in [-0.2, 0) is 0 Å². The zero-order valence-corrected chi connectivity index (χ0v) is 13.8. The summed E-state index contributed by atoms with van der Waals surface area (Å²) in [5, 5.41) is 13.5. The van der Waals surface area contributed by atoms with Crippen LogP contribution in [0.1, 0.15) is 16.7 Å². The molecule has 0 saturated heterocycles. The molecule has 3 nitrogen and oxygen atoms in total. The molecular formula is C21H20N2O. The molecule has 24 heavy (non-hydrogen) atoms. The molecular weight excluding hydrogens is 296 g/mol. The van der Waals surface area contributed by atoms with E-state index in [0.717, 1.165) is 11.4 Å². The molecule has 0 bridgehead atoms. The second kappa shape index (κ2) is 7.01. The van der Waals surface area contributed by atoms with Crippen molar-refractivity contribution in [3.05, 3.63) is 89.5 Å². The molecule has 3 aromatic rings. The van der Waals surface area contributed by atoms with Gasteiger partial charge in [0, 0.05) is 5.69 Å². The SMILES string of the molecule is Cc1ccc(N=C(Nc2ccc(C)cc2)c2ccccc2O)cc1. The first-order valence-corrected chi connectivity index (χ1v) is 7.89. The summed E-state index contributed by atoms with van der Waals surface area (Å²) in [6, 6.07) is 23.2. The van der Waals surface area contributed by atoms with E-state index in [9.17, 15) is 5.11 Å². The number of phenols is 1. The molecule has 0 radical (unpaired) electrons. The van der Waals surface area contributed by atoms with Gasteiger partial charge >= 0.3 is 0 Å². The van der Waals surface area contributed by atoms with Crippen LogP contribution in [0.25, 0.3) is 0 Å². The van der Waals surface area contributed by atoms with Gasteiger partial charge in [-0.3, -0.25) is 0 Å². The van der Waals surface area contributed by atoms with E-state index in [1.54, 1.807) is 12.1 Å². The zero-order chi connectivity index (χ0) is 16.9. The van der Waals surface area contributed by atoms with Gasteiger partial charge in [0.05, 0.1) is 11.3 Å². The monoisotopic (exact) mass is 316 g/mol. The van der Waals surface area contributed by atoms with Crippen molar-refractivity contribution in [1.82, 2.24) is 0 Å². The van der Waals surface area contributed by atoms with Crippen LogP contribution in [0.3, 0.4) is 0 Å². The number of aryl methyl sites for hydroxylation is 2. The third kappa shape index (κ3) is 3.82. The normalized spacial score (nSPS) is 11.3. The summed E-state index contributed by atoms with van der Waals surface area (Å²) < 4.78 is 0. The van der Waals surface area contributed by atoms with E-state index in [4.69, 9.17) is 4.99 Å². The third-order valence-corrected chi connectivity index (χ3v) is 3.75. The topological polar surface area (TPSA) is 44.6 Å². The van der Waals surface area contributed by atoms with Crippen LogP contribution in [-0.4, -0.2) is 10.9 Å². The van der Waals surface area contributed by atoms with Gasteiger partial charge in [0.15, 0.2) is 0 Å². The van der Waals surface area contributed by atoms with Crippen molar-refractivity contribution < 1.29 is 5.11 Å². The van der Waals surface area contributed by atoms with Crippen molar-refractivity contribution in [3.8, 4) is 5.75 Å². The quantitative estimate of drug-likeness (QED) is 0.515. The maximum atomic E-state index is 10.2. The van der Waals surface area contributed by atoms with Gasteiger partial charge in [-0.2, -0.15) is 0 Å². The largest absolute Gasteiger partial charge is 0.507 e. The fourth-order valence-corrected chi connectivity index (χ4v) is 2.35. The third-order valence-electron chi connectivity index (χ3n) is 3.75. The van der Waals surface area contributed by atoms with E-state index in [0.29, 0.717) is 11.4 Å². The van der Waals surface area contributed by atoms with Gasteiger partial charge in [0.25, 0.3) is 0 Å². The molecule has 0 aliphatic rings. The number of hydrogen-bond donors (Lipinski definition) is 2. The smallest absolute Gasteiger partial charge is 0.142 e. The van der Waals surface area contributed by atoms with E-state index in [-0.39, 0.29) is 5.75 Å². The predicted molar refractivity (Wildman–Crippen MR) is 100 cm³/mol. The standard InChI is InChI=1S/C21H20N2O/c1-15-7-11-17(12-8-15)22-21(19-5-3-4-6-20(19)24)23-18-13-9-16(2)10-14-18/h3-14,24H,1-2H3,(H,22,23). The summed E-state index contributed by atoms with van der Waals surface area (Å²) >= 11 is 0. The highest BCUT2D eigenvalue weighted by Crippen LogP contribution is 2.22. The molecule has 3 rings (SSSR count). The molecule has 0 atom stereocenters. The van der Waals surface area contributed by atoms with Crippen LogP contribution in [0.15, 0.2) is 77.8 Å². The van der Waals surface area contributed by atoms with Crippen molar-refractivity contribution in [2.24, 2.45) is 4.99 Å². The van der Waals surface area contributed by atoms with E-state index in [2.05, 4.69) is 5.32 Å². The van der Waals surface area contributed by atoms with Gasteiger partial charge in [0.2, 0.25) is 0 Å². The second-order valence-electron chi connectivity index (χ2n) is 5.80. The zero-order valence-electron chi connectivity index (χ0n) is 13.8. The van der Waals surface area contributed by atoms with E-state index in [1.165, 1.54) is 11.1 Å². The van der Waals surface area contributed by atoms with Crippen LogP contribution in [0.4, 0.5) is 11.4 Å². The molecule has 2 N–H and O–H groups in total. The molecule has 3 aromatic carbocycles. The number of benzene rings is 3. The summed E-state index contributed by atoms with van der Waals surface area (Å²) in [5.41, 5.74) is 4.80. The van der Waals surface area contributed by atoms with Crippen molar-refractivity contribution in [1.29, 1.82) is 0 Å². The Labute approximate surface area is 142 Å². The highest BCUT2D eigenvalue weighted by atomic mass is 16.3. The number of phenolic OH excluding ortho intramolecular Hbond substituents is 1. The summed E-state index contributed by atoms with van der Waals surface area (Å²) in [7, 11) is 0. The van der Waals surface area contributed by atoms with Gasteiger partial charge in [0.1, 0.15) is 11.6 Å². The number of nitrogens with zero attached hydrogens (tertiary/aromatic N) is 1. The lowest BCUT2D eigenvalue weighted by molar-refractivity contribution is 0.474. The van der Waals surface area contributed by atoms with Crippen molar-refractivity contribution in [2.45, 2.75) is 13.8 Å². The molecule has 0 fully saturated rings. The van der Waals surface area contributed by atoms with Crippen LogP contribution >= 0.6 is 0 Å². The minimum atomic E-state index is 0.197. The Kier molecular flexibility index (Phi) is 4.62. The fraction of sp³-hybridized carbons (Fsp3) is 0.0952. The molecule has 120 valence electrons. The Balaban J connectivity index is 2.01. The highest BCUT2D eigenvalue weighted by Gasteiger charge is 2.09. The van der Waals surface area contributed by atoms with E-state index in [1.807, 2.05) is 74.5 Å². The van der Waals surface area contributed by atoms with Crippen LogP contribution in [0, 0.1) is 13.8 Å². The Morgan fingerprint density at radius 1 is 0.792 bits per heavy atom. The summed E-state index contributed by atoms with van der Waals surface area (Å²) in [5.74, 6) is 0.809. The number of amidine groups is 1. The van der Waals surface area contributed by atoms with Crippen molar-refractivity contribution in [2.75, 3.05) is 5.32 Å². The van der Waals surface area contributed by atoms with Gasteiger partial charge in [-0.05, 0) is 50.2 Å². The van der Waals surface area contributed by atoms with Crippen molar-refractivity contribution in [3.63, 3.8) is 0 Å². The highest BCUT2D eigenvalue weighted by molar-refractivity contribution is 6.11. The second-order valence-corrected chi connectivity index (χ2v) is 5.80. The molecule has 0 unspecified atom stereocenters. The molecule has 0 spiro atoms. The number of para-hydroxylation sites is 1. The molecule has 0 aromatic heterocycles. The molecule has 3 heteroatoms. The first-order chi connectivity index (χ1) is 11.6. The van der Waals surface area contributed by atoms with Gasteiger partial charge in [-0.15, -0.1) is 0 Å². The van der Waals surface area contributed by atoms with E-state index < -0.39 is 0 Å². The Morgan fingerprint density at radius 3 is 2.00 bits per heavy atom. The molecule has 0 aliphatic heterocycles. The number of aromatic hydroxyl groups is 1. The predicted octanol–water partition coefficient (Wildman–Crippen LogP) is 5.20. The van der Waals surface area contributed by atoms with Crippen LogP contribution in [0.5, 0.6) is 5.75 Å². The fourth-order valence-electron chi connectivity index (χ4n) is 2.35. The van der Waals surface area contributed by atoms with Crippen molar-refractivity contribution >= 4 is 17.2 Å². The van der Waals surface area contributed by atoms with Crippen LogP contribution in [0.2, 0.25) is 0 Å². The average Bonchev–Trinajstić information content (AvgIpc) is 2.59. The maximum absolute atomic E-state index is 10.2. The van der Waals surface area contributed by atoms with Crippen LogP contribution < -0.4 is 5.32 Å². The minimum Gasteiger partial charge on any atom is -0.507 e. The molecule has 0 saturated carbocycles. The Morgan fingerprint density at radius 2 is 1.38 bits per heavy atom. The lowest BCUT2D eigenvalue weighted by atomic mass is 10.1. The van der Waals surface area contributed by atoms with Gasteiger partial charge in [-0.25, -0.2) is 4.99 Å².